The molecule has 1 N–H and O–H groups in total. The van der Waals surface area contributed by atoms with Gasteiger partial charge in [-0.1, -0.05) is 0 Å². The monoisotopic (exact) mass is 363 g/mol. The molecule has 1 aromatic heterocycles. The molecule has 2 nitrogen and oxygen atoms in total. The van der Waals surface area contributed by atoms with Gasteiger partial charge in [0.05, 0.1) is 16.8 Å². The molecule has 0 saturated heterocycles. The molecule has 0 radical (unpaired) electrons. The lowest BCUT2D eigenvalue weighted by atomic mass is 10.2. The molecule has 1 aromatic rings. The van der Waals surface area contributed by atoms with Crippen LogP contribution in [-0.2, 0) is 6.61 Å². The number of hydrogen-bond acceptors (Lipinski definition) is 2. The fourth-order valence-electron chi connectivity index (χ4n) is 0.809. The lowest BCUT2D eigenvalue weighted by Gasteiger charge is -2.06. The molecule has 0 aliphatic heterocycles. The Balaban J connectivity index is 3.25. The van der Waals surface area contributed by atoms with E-state index in [1.54, 1.807) is 0 Å². The van der Waals surface area contributed by atoms with Gasteiger partial charge in [-0.15, -0.1) is 0 Å². The number of aliphatic hydroxyl groups excluding tert-OH is 1. The van der Waals surface area contributed by atoms with Gasteiger partial charge in [0, 0.05) is 5.56 Å². The molecular weight excluding hydrogens is 359 g/mol. The minimum atomic E-state index is -2.56. The third-order valence-electron chi connectivity index (χ3n) is 1.40. The molecule has 0 saturated carbocycles. The van der Waals surface area contributed by atoms with Gasteiger partial charge >= 0.3 is 0 Å². The number of aliphatic hydroxyl groups is 1. The maximum atomic E-state index is 12.4. The number of aromatic nitrogens is 1. The molecule has 0 aromatic carbocycles. The van der Waals surface area contributed by atoms with E-state index in [0.29, 0.717) is 8.17 Å². The zero-order valence-corrected chi connectivity index (χ0v) is 10.0. The first-order valence-corrected chi connectivity index (χ1v) is 5.17. The minimum absolute atomic E-state index is 0.136. The fourth-order valence-corrected chi connectivity index (χ4v) is 1.81. The zero-order chi connectivity index (χ0) is 10.0. The van der Waals surface area contributed by atoms with Crippen molar-refractivity contribution >= 4 is 38.5 Å². The van der Waals surface area contributed by atoms with Gasteiger partial charge in [-0.25, -0.2) is 13.8 Å². The Hall–Kier alpha value is 0.180. The Labute approximate surface area is 95.6 Å². The zero-order valence-electron chi connectivity index (χ0n) is 6.27. The molecule has 0 bridgehead atoms. The Kier molecular flexibility index (Phi) is 3.99. The topological polar surface area (TPSA) is 33.1 Å². The molecule has 0 aliphatic rings. The van der Waals surface area contributed by atoms with Crippen LogP contribution in [0.3, 0.4) is 0 Å². The van der Waals surface area contributed by atoms with Gasteiger partial charge in [0.15, 0.2) is 0 Å². The van der Waals surface area contributed by atoms with E-state index in [0.717, 1.165) is 0 Å². The average Bonchev–Trinajstić information content (AvgIpc) is 2.09. The molecule has 72 valence electrons. The van der Waals surface area contributed by atoms with Crippen molar-refractivity contribution in [1.29, 1.82) is 0 Å². The van der Waals surface area contributed by atoms with Crippen molar-refractivity contribution in [2.24, 2.45) is 0 Å². The highest BCUT2D eigenvalue weighted by Crippen LogP contribution is 2.30. The van der Waals surface area contributed by atoms with Crippen molar-refractivity contribution in [1.82, 2.24) is 4.98 Å². The third kappa shape index (κ3) is 2.57. The van der Waals surface area contributed by atoms with Crippen LogP contribution in [-0.4, -0.2) is 10.1 Å². The van der Waals surface area contributed by atoms with E-state index in [1.165, 1.54) is 6.07 Å². The van der Waals surface area contributed by atoms with Crippen molar-refractivity contribution in [3.05, 3.63) is 25.5 Å². The molecule has 0 unspecified atom stereocenters. The number of pyridine rings is 1. The molecule has 0 atom stereocenters. The van der Waals surface area contributed by atoms with Crippen LogP contribution >= 0.6 is 38.5 Å². The van der Waals surface area contributed by atoms with E-state index in [1.807, 2.05) is 22.6 Å². The summed E-state index contributed by atoms with van der Waals surface area (Å²) in [6.07, 6.45) is -2.56. The molecule has 1 rings (SSSR count). The van der Waals surface area contributed by atoms with E-state index < -0.39 is 6.43 Å². The van der Waals surface area contributed by atoms with Crippen molar-refractivity contribution in [3.63, 3.8) is 0 Å². The average molecular weight is 364 g/mol. The number of halogens is 4. The smallest absolute Gasteiger partial charge is 0.265 e. The third-order valence-corrected chi connectivity index (χ3v) is 3.75. The maximum Gasteiger partial charge on any atom is 0.265 e. The predicted octanol–water partition coefficient (Wildman–Crippen LogP) is 2.88. The molecule has 6 heteroatoms. The molecule has 0 fully saturated rings. The van der Waals surface area contributed by atoms with Crippen LogP contribution in [0.25, 0.3) is 0 Å². The summed E-state index contributed by atoms with van der Waals surface area (Å²) in [7, 11) is 0. The molecule has 0 aliphatic carbocycles. The summed E-state index contributed by atoms with van der Waals surface area (Å²) in [5.74, 6) is 0. The first-order chi connectivity index (χ1) is 6.06. The van der Waals surface area contributed by atoms with Gasteiger partial charge in [0.1, 0.15) is 3.70 Å². The molecule has 0 amide bonds. The van der Waals surface area contributed by atoms with Crippen molar-refractivity contribution < 1.29 is 13.9 Å². The normalized spacial score (nSPS) is 10.9. The van der Waals surface area contributed by atoms with Crippen LogP contribution in [0.2, 0.25) is 0 Å². The number of nitrogens with zero attached hydrogens (tertiary/aromatic N) is 1. The lowest BCUT2D eigenvalue weighted by molar-refractivity contribution is 0.150. The molecule has 0 spiro atoms. The van der Waals surface area contributed by atoms with Crippen molar-refractivity contribution in [2.75, 3.05) is 0 Å². The lowest BCUT2D eigenvalue weighted by Crippen LogP contribution is -1.98. The van der Waals surface area contributed by atoms with E-state index in [9.17, 15) is 8.78 Å². The molecule has 13 heavy (non-hydrogen) atoms. The largest absolute Gasteiger partial charge is 0.390 e. The Morgan fingerprint density at radius 2 is 2.23 bits per heavy atom. The van der Waals surface area contributed by atoms with Crippen LogP contribution in [0, 0.1) is 3.70 Å². The summed E-state index contributed by atoms with van der Waals surface area (Å²) in [5, 5.41) is 8.73. The second-order valence-corrected chi connectivity index (χ2v) is 4.08. The highest BCUT2D eigenvalue weighted by Gasteiger charge is 2.15. The summed E-state index contributed by atoms with van der Waals surface area (Å²) in [5.41, 5.74) is 0.117. The number of rotatable bonds is 2. The predicted molar refractivity (Wildman–Crippen MR) is 55.5 cm³/mol. The molecule has 1 heterocycles. The Morgan fingerprint density at radius 1 is 1.62 bits per heavy atom. The Bertz CT molecular complexity index is 322. The Morgan fingerprint density at radius 3 is 2.69 bits per heavy atom. The van der Waals surface area contributed by atoms with E-state index in [2.05, 4.69) is 20.9 Å². The second-order valence-electron chi connectivity index (χ2n) is 2.27. The van der Waals surface area contributed by atoms with Crippen LogP contribution in [0.4, 0.5) is 8.78 Å². The number of hydrogen-bond donors (Lipinski definition) is 1. The first kappa shape index (κ1) is 11.3. The van der Waals surface area contributed by atoms with E-state index >= 15 is 0 Å². The second kappa shape index (κ2) is 4.61. The van der Waals surface area contributed by atoms with Gasteiger partial charge in [-0.3, -0.25) is 0 Å². The van der Waals surface area contributed by atoms with Gasteiger partial charge in [0.25, 0.3) is 6.43 Å². The van der Waals surface area contributed by atoms with Gasteiger partial charge < -0.3 is 5.11 Å². The minimum Gasteiger partial charge on any atom is -0.390 e. The quantitative estimate of drug-likeness (QED) is 0.647. The summed E-state index contributed by atoms with van der Waals surface area (Å²) in [6.45, 7) is -0.330. The first-order valence-electron chi connectivity index (χ1n) is 3.30. The van der Waals surface area contributed by atoms with Gasteiger partial charge in [-0.05, 0) is 44.6 Å². The van der Waals surface area contributed by atoms with Crippen LogP contribution in [0.1, 0.15) is 17.7 Å². The van der Waals surface area contributed by atoms with Crippen LogP contribution < -0.4 is 0 Å². The summed E-state index contributed by atoms with van der Waals surface area (Å²) in [6, 6.07) is 1.19. The highest BCUT2D eigenvalue weighted by molar-refractivity contribution is 14.1. The summed E-state index contributed by atoms with van der Waals surface area (Å²) >= 11 is 4.84. The molecular formula is C7H5BrF2INO. The number of alkyl halides is 2. The standard InChI is InChI=1S/C7H5BrF2INO/c8-5-4(6(9)10)1-3(2-13)12-7(5)11/h1,6,13H,2H2. The van der Waals surface area contributed by atoms with E-state index in [-0.39, 0.29) is 17.9 Å². The summed E-state index contributed by atoms with van der Waals surface area (Å²) in [4.78, 5) is 3.89. The van der Waals surface area contributed by atoms with Crippen molar-refractivity contribution in [2.45, 2.75) is 13.0 Å². The maximum absolute atomic E-state index is 12.4. The van der Waals surface area contributed by atoms with Crippen LogP contribution in [0.5, 0.6) is 0 Å². The highest BCUT2D eigenvalue weighted by atomic mass is 127. The van der Waals surface area contributed by atoms with Gasteiger partial charge in [-0.2, -0.15) is 0 Å². The summed E-state index contributed by atoms with van der Waals surface area (Å²) < 4.78 is 25.5. The fraction of sp³-hybridized carbons (Fsp3) is 0.286. The van der Waals surface area contributed by atoms with Crippen LogP contribution in [0.15, 0.2) is 10.5 Å². The SMILES string of the molecule is OCc1cc(C(F)F)c(Br)c(I)n1. The van der Waals surface area contributed by atoms with Crippen molar-refractivity contribution in [3.8, 4) is 0 Å². The van der Waals surface area contributed by atoms with Gasteiger partial charge in [0.2, 0.25) is 0 Å². The van der Waals surface area contributed by atoms with E-state index in [4.69, 9.17) is 5.11 Å².